The van der Waals surface area contributed by atoms with Crippen molar-refractivity contribution in [2.45, 2.75) is 50.3 Å². The van der Waals surface area contributed by atoms with E-state index in [1.165, 1.54) is 24.9 Å². The normalized spacial score (nSPS) is 34.0. The van der Waals surface area contributed by atoms with E-state index < -0.39 is 0 Å². The molecule has 1 saturated heterocycles. The summed E-state index contributed by atoms with van der Waals surface area (Å²) in [5.41, 5.74) is 2.47. The van der Waals surface area contributed by atoms with Gasteiger partial charge in [0.15, 0.2) is 0 Å². The van der Waals surface area contributed by atoms with Gasteiger partial charge >= 0.3 is 0 Å². The van der Waals surface area contributed by atoms with Crippen LogP contribution in [0.2, 0.25) is 0 Å². The van der Waals surface area contributed by atoms with Crippen LogP contribution in [0.3, 0.4) is 0 Å². The molecule has 0 spiro atoms. The summed E-state index contributed by atoms with van der Waals surface area (Å²) < 4.78 is 0. The standard InChI is InChI=1S/C18H28N2O/c1-13-11-17(18(21)16-9-5-4-8-15(13)16)20(3)14-7-6-10-19(2)12-14/h4-5,8-9,13-14,17-18,21H,6-7,10-12H2,1-3H3. The van der Waals surface area contributed by atoms with Gasteiger partial charge in [-0.25, -0.2) is 0 Å². The van der Waals surface area contributed by atoms with E-state index in [1.54, 1.807) is 0 Å². The third kappa shape index (κ3) is 2.87. The number of fused-ring (bicyclic) bond motifs is 1. The first kappa shape index (κ1) is 15.0. The van der Waals surface area contributed by atoms with Crippen molar-refractivity contribution in [3.05, 3.63) is 35.4 Å². The van der Waals surface area contributed by atoms with Crippen LogP contribution >= 0.6 is 0 Å². The molecule has 1 N–H and O–H groups in total. The topological polar surface area (TPSA) is 26.7 Å². The average molecular weight is 288 g/mol. The smallest absolute Gasteiger partial charge is 0.0948 e. The van der Waals surface area contributed by atoms with Crippen LogP contribution in [-0.4, -0.2) is 54.2 Å². The van der Waals surface area contributed by atoms with Crippen molar-refractivity contribution >= 4 is 0 Å². The Kier molecular flexibility index (Phi) is 4.34. The highest BCUT2D eigenvalue weighted by Crippen LogP contribution is 2.40. The van der Waals surface area contributed by atoms with Gasteiger partial charge in [0.25, 0.3) is 0 Å². The van der Waals surface area contributed by atoms with Crippen LogP contribution < -0.4 is 0 Å². The lowest BCUT2D eigenvalue weighted by atomic mass is 9.78. The van der Waals surface area contributed by atoms with E-state index in [0.29, 0.717) is 12.0 Å². The molecule has 0 radical (unpaired) electrons. The van der Waals surface area contributed by atoms with E-state index in [2.05, 4.69) is 49.0 Å². The highest BCUT2D eigenvalue weighted by molar-refractivity contribution is 5.35. The second-order valence-electron chi connectivity index (χ2n) is 7.00. The second kappa shape index (κ2) is 6.07. The lowest BCUT2D eigenvalue weighted by Gasteiger charge is -2.45. The van der Waals surface area contributed by atoms with E-state index in [0.717, 1.165) is 18.5 Å². The molecule has 1 aliphatic heterocycles. The van der Waals surface area contributed by atoms with Crippen molar-refractivity contribution in [1.82, 2.24) is 9.80 Å². The molecule has 116 valence electrons. The minimum atomic E-state index is -0.352. The Balaban J connectivity index is 1.80. The minimum Gasteiger partial charge on any atom is -0.387 e. The Morgan fingerprint density at radius 3 is 2.67 bits per heavy atom. The zero-order valence-electron chi connectivity index (χ0n) is 13.5. The second-order valence-corrected chi connectivity index (χ2v) is 7.00. The molecule has 3 heteroatoms. The summed E-state index contributed by atoms with van der Waals surface area (Å²) in [6, 6.07) is 9.22. The summed E-state index contributed by atoms with van der Waals surface area (Å²) in [6.07, 6.45) is 3.21. The molecular weight excluding hydrogens is 260 g/mol. The number of likely N-dealkylation sites (N-methyl/N-ethyl adjacent to an activating group) is 2. The van der Waals surface area contributed by atoms with E-state index >= 15 is 0 Å². The maximum atomic E-state index is 10.9. The van der Waals surface area contributed by atoms with Crippen LogP contribution in [0.1, 0.15) is 49.3 Å². The molecule has 1 fully saturated rings. The van der Waals surface area contributed by atoms with Gasteiger partial charge in [0.2, 0.25) is 0 Å². The Morgan fingerprint density at radius 1 is 1.24 bits per heavy atom. The van der Waals surface area contributed by atoms with E-state index in [9.17, 15) is 5.11 Å². The monoisotopic (exact) mass is 288 g/mol. The molecular formula is C18H28N2O. The van der Waals surface area contributed by atoms with Crippen molar-refractivity contribution in [3.8, 4) is 0 Å². The van der Waals surface area contributed by atoms with Crippen LogP contribution in [0.4, 0.5) is 0 Å². The maximum Gasteiger partial charge on any atom is 0.0948 e. The maximum absolute atomic E-state index is 10.9. The highest BCUT2D eigenvalue weighted by Gasteiger charge is 2.37. The largest absolute Gasteiger partial charge is 0.387 e. The third-order valence-electron chi connectivity index (χ3n) is 5.50. The van der Waals surface area contributed by atoms with Gasteiger partial charge in [-0.15, -0.1) is 0 Å². The van der Waals surface area contributed by atoms with Gasteiger partial charge in [-0.1, -0.05) is 31.2 Å². The highest BCUT2D eigenvalue weighted by atomic mass is 16.3. The van der Waals surface area contributed by atoms with Gasteiger partial charge in [-0.3, -0.25) is 4.90 Å². The molecule has 4 atom stereocenters. The molecule has 1 heterocycles. The summed E-state index contributed by atoms with van der Waals surface area (Å²) in [5.74, 6) is 0.526. The van der Waals surface area contributed by atoms with Crippen LogP contribution in [0.25, 0.3) is 0 Å². The zero-order chi connectivity index (χ0) is 15.0. The van der Waals surface area contributed by atoms with Crippen LogP contribution in [0.15, 0.2) is 24.3 Å². The Bertz CT molecular complexity index is 490. The molecule has 3 rings (SSSR count). The van der Waals surface area contributed by atoms with Crippen LogP contribution in [0.5, 0.6) is 0 Å². The molecule has 2 aliphatic rings. The number of benzene rings is 1. The summed E-state index contributed by atoms with van der Waals surface area (Å²) in [7, 11) is 4.41. The predicted octanol–water partition coefficient (Wildman–Crippen LogP) is 2.62. The minimum absolute atomic E-state index is 0.242. The summed E-state index contributed by atoms with van der Waals surface area (Å²) in [5, 5.41) is 10.9. The number of rotatable bonds is 2. The number of hydrogen-bond donors (Lipinski definition) is 1. The molecule has 0 aromatic heterocycles. The number of likely N-dealkylation sites (tertiary alicyclic amines) is 1. The number of aliphatic hydroxyl groups is 1. The zero-order valence-corrected chi connectivity index (χ0v) is 13.5. The summed E-state index contributed by atoms with van der Waals surface area (Å²) >= 11 is 0. The SMILES string of the molecule is CC1CC(N(C)C2CCCN(C)C2)C(O)c2ccccc21. The lowest BCUT2D eigenvalue weighted by molar-refractivity contribution is 0.00567. The Hall–Kier alpha value is -0.900. The lowest BCUT2D eigenvalue weighted by Crippen LogP contribution is -2.51. The fraction of sp³-hybridized carbons (Fsp3) is 0.667. The molecule has 1 aromatic carbocycles. The molecule has 1 aromatic rings. The number of hydrogen-bond acceptors (Lipinski definition) is 3. The van der Waals surface area contributed by atoms with Gasteiger partial charge in [0.1, 0.15) is 0 Å². The number of piperidine rings is 1. The number of nitrogens with zero attached hydrogens (tertiary/aromatic N) is 2. The molecule has 1 aliphatic carbocycles. The Labute approximate surface area is 128 Å². The van der Waals surface area contributed by atoms with Gasteiger partial charge in [-0.05, 0) is 56.9 Å². The third-order valence-corrected chi connectivity index (χ3v) is 5.50. The fourth-order valence-electron chi connectivity index (χ4n) is 4.19. The first-order chi connectivity index (χ1) is 10.1. The van der Waals surface area contributed by atoms with Gasteiger partial charge in [0, 0.05) is 18.6 Å². The first-order valence-electron chi connectivity index (χ1n) is 8.25. The molecule has 0 bridgehead atoms. The van der Waals surface area contributed by atoms with Crippen molar-refractivity contribution < 1.29 is 5.11 Å². The van der Waals surface area contributed by atoms with Crippen molar-refractivity contribution in [2.75, 3.05) is 27.2 Å². The van der Waals surface area contributed by atoms with Crippen molar-refractivity contribution in [1.29, 1.82) is 0 Å². The van der Waals surface area contributed by atoms with Crippen molar-refractivity contribution in [2.24, 2.45) is 0 Å². The van der Waals surface area contributed by atoms with Crippen molar-refractivity contribution in [3.63, 3.8) is 0 Å². The van der Waals surface area contributed by atoms with Crippen LogP contribution in [-0.2, 0) is 0 Å². The fourth-order valence-corrected chi connectivity index (χ4v) is 4.19. The van der Waals surface area contributed by atoms with E-state index in [-0.39, 0.29) is 12.1 Å². The molecule has 0 saturated carbocycles. The number of aliphatic hydroxyl groups excluding tert-OH is 1. The molecule has 4 unspecified atom stereocenters. The summed E-state index contributed by atoms with van der Waals surface area (Å²) in [4.78, 5) is 4.87. The predicted molar refractivity (Wildman–Crippen MR) is 86.5 cm³/mol. The summed E-state index contributed by atoms with van der Waals surface area (Å²) in [6.45, 7) is 4.62. The first-order valence-corrected chi connectivity index (χ1v) is 8.25. The van der Waals surface area contributed by atoms with Crippen LogP contribution in [0, 0.1) is 0 Å². The molecule has 0 amide bonds. The quantitative estimate of drug-likeness (QED) is 0.906. The molecule has 3 nitrogen and oxygen atoms in total. The van der Waals surface area contributed by atoms with Gasteiger partial charge < -0.3 is 10.0 Å². The molecule has 21 heavy (non-hydrogen) atoms. The van der Waals surface area contributed by atoms with E-state index in [4.69, 9.17) is 0 Å². The average Bonchev–Trinajstić information content (AvgIpc) is 2.50. The van der Waals surface area contributed by atoms with E-state index in [1.807, 2.05) is 6.07 Å². The van der Waals surface area contributed by atoms with Gasteiger partial charge in [-0.2, -0.15) is 0 Å². The van der Waals surface area contributed by atoms with Gasteiger partial charge in [0.05, 0.1) is 6.10 Å². The Morgan fingerprint density at radius 2 is 1.95 bits per heavy atom.